The molecule has 1 aliphatic rings. The molecule has 3 rings (SSSR count). The van der Waals surface area contributed by atoms with Gasteiger partial charge in [-0.2, -0.15) is 0 Å². The number of aromatic nitrogens is 1. The van der Waals surface area contributed by atoms with E-state index in [0.717, 1.165) is 44.2 Å². The van der Waals surface area contributed by atoms with E-state index in [2.05, 4.69) is 43.2 Å². The lowest BCUT2D eigenvalue weighted by Crippen LogP contribution is -2.48. The fourth-order valence-electron chi connectivity index (χ4n) is 4.22. The van der Waals surface area contributed by atoms with Crippen LogP contribution < -0.4 is 5.32 Å². The smallest absolute Gasteiger partial charge is 0.254 e. The average molecular weight is 385 g/mol. The number of nitrogens with zero attached hydrogens (tertiary/aromatic N) is 1. The van der Waals surface area contributed by atoms with Crippen LogP contribution in [0, 0.1) is 5.92 Å². The van der Waals surface area contributed by atoms with Crippen LogP contribution in [0.1, 0.15) is 67.2 Å². The molecule has 4 heteroatoms. The van der Waals surface area contributed by atoms with Crippen molar-refractivity contribution in [2.24, 2.45) is 5.92 Å². The highest BCUT2D eigenvalue weighted by molar-refractivity contribution is 6.32. The summed E-state index contributed by atoms with van der Waals surface area (Å²) in [4.78, 5) is 17.6. The van der Waals surface area contributed by atoms with Crippen LogP contribution in [-0.2, 0) is 19.3 Å². The quantitative estimate of drug-likeness (QED) is 0.678. The van der Waals surface area contributed by atoms with Crippen molar-refractivity contribution in [2.45, 2.75) is 64.8 Å². The molecule has 0 spiro atoms. The normalized spacial score (nSPS) is 15.9. The van der Waals surface area contributed by atoms with Gasteiger partial charge < -0.3 is 5.32 Å². The highest BCUT2D eigenvalue weighted by Crippen LogP contribution is 2.27. The van der Waals surface area contributed by atoms with Gasteiger partial charge in [0.25, 0.3) is 5.91 Å². The Morgan fingerprint density at radius 1 is 1.22 bits per heavy atom. The number of pyridine rings is 1. The van der Waals surface area contributed by atoms with Crippen molar-refractivity contribution < 1.29 is 4.79 Å². The number of carbonyl (C=O) groups is 1. The van der Waals surface area contributed by atoms with Gasteiger partial charge in [-0.05, 0) is 68.6 Å². The first-order valence-corrected chi connectivity index (χ1v) is 10.3. The standard InChI is InChI=1S/C23H29ClN2O/c1-16(2)14-23(3,15-17-9-5-4-6-10-17)26-22(27)19-13-18-11-7-8-12-20(18)25-21(19)24/h4-6,9-10,13,16H,7-8,11-12,14-15H2,1-3H3,(H,26,27). The Morgan fingerprint density at radius 3 is 2.63 bits per heavy atom. The van der Waals surface area contributed by atoms with Crippen molar-refractivity contribution in [2.75, 3.05) is 0 Å². The van der Waals surface area contributed by atoms with Gasteiger partial charge in [-0.3, -0.25) is 4.79 Å². The Morgan fingerprint density at radius 2 is 1.93 bits per heavy atom. The minimum absolute atomic E-state index is 0.125. The lowest BCUT2D eigenvalue weighted by Gasteiger charge is -2.33. The van der Waals surface area contributed by atoms with Crippen LogP contribution in [0.3, 0.4) is 0 Å². The van der Waals surface area contributed by atoms with Crippen molar-refractivity contribution in [3.63, 3.8) is 0 Å². The number of hydrogen-bond acceptors (Lipinski definition) is 2. The molecule has 0 bridgehead atoms. The van der Waals surface area contributed by atoms with E-state index in [1.165, 1.54) is 11.1 Å². The molecule has 1 aromatic carbocycles. The zero-order chi connectivity index (χ0) is 19.4. The summed E-state index contributed by atoms with van der Waals surface area (Å²) in [5, 5.41) is 3.59. The molecule has 1 amide bonds. The van der Waals surface area contributed by atoms with E-state index in [-0.39, 0.29) is 11.4 Å². The third-order valence-corrected chi connectivity index (χ3v) is 5.50. The number of fused-ring (bicyclic) bond motifs is 1. The molecule has 1 aromatic heterocycles. The fraction of sp³-hybridized carbons (Fsp3) is 0.478. The number of halogens is 1. The van der Waals surface area contributed by atoms with E-state index < -0.39 is 0 Å². The Balaban J connectivity index is 1.84. The third kappa shape index (κ3) is 5.10. The monoisotopic (exact) mass is 384 g/mol. The second kappa shape index (κ2) is 8.43. The minimum atomic E-state index is -0.341. The Bertz CT molecular complexity index is 804. The van der Waals surface area contributed by atoms with Gasteiger partial charge in [-0.15, -0.1) is 0 Å². The molecule has 1 heterocycles. The summed E-state index contributed by atoms with van der Waals surface area (Å²) in [5.41, 5.74) is 3.60. The van der Waals surface area contributed by atoms with E-state index in [1.807, 2.05) is 24.3 Å². The summed E-state index contributed by atoms with van der Waals surface area (Å²) in [6.45, 7) is 6.49. The molecule has 1 atom stereocenters. The van der Waals surface area contributed by atoms with Gasteiger partial charge in [0, 0.05) is 11.2 Å². The fourth-order valence-corrected chi connectivity index (χ4v) is 4.47. The largest absolute Gasteiger partial charge is 0.346 e. The van der Waals surface area contributed by atoms with E-state index in [0.29, 0.717) is 16.6 Å². The number of nitrogens with one attached hydrogen (secondary N) is 1. The molecule has 2 aromatic rings. The first kappa shape index (κ1) is 19.9. The van der Waals surface area contributed by atoms with Gasteiger partial charge in [0.15, 0.2) is 0 Å². The molecule has 27 heavy (non-hydrogen) atoms. The number of carbonyl (C=O) groups excluding carboxylic acids is 1. The van der Waals surface area contributed by atoms with Crippen LogP contribution in [0.4, 0.5) is 0 Å². The average Bonchev–Trinajstić information content (AvgIpc) is 2.60. The van der Waals surface area contributed by atoms with Crippen LogP contribution in [0.5, 0.6) is 0 Å². The number of benzene rings is 1. The second-order valence-corrected chi connectivity index (χ2v) is 8.77. The maximum Gasteiger partial charge on any atom is 0.254 e. The number of rotatable bonds is 6. The lowest BCUT2D eigenvalue weighted by molar-refractivity contribution is 0.0894. The minimum Gasteiger partial charge on any atom is -0.346 e. The Hall–Kier alpha value is -1.87. The van der Waals surface area contributed by atoms with Gasteiger partial charge in [-0.25, -0.2) is 4.98 Å². The van der Waals surface area contributed by atoms with Gasteiger partial charge in [0.05, 0.1) is 5.56 Å². The zero-order valence-corrected chi connectivity index (χ0v) is 17.3. The van der Waals surface area contributed by atoms with Gasteiger partial charge in [-0.1, -0.05) is 55.8 Å². The molecule has 1 aliphatic carbocycles. The van der Waals surface area contributed by atoms with E-state index in [1.54, 1.807) is 0 Å². The highest BCUT2D eigenvalue weighted by atomic mass is 35.5. The van der Waals surface area contributed by atoms with Crippen LogP contribution in [0.25, 0.3) is 0 Å². The molecule has 144 valence electrons. The predicted octanol–water partition coefficient (Wildman–Crippen LogP) is 5.39. The first-order chi connectivity index (χ1) is 12.9. The van der Waals surface area contributed by atoms with Crippen LogP contribution >= 0.6 is 11.6 Å². The molecular formula is C23H29ClN2O. The van der Waals surface area contributed by atoms with Gasteiger partial charge in [0.1, 0.15) is 5.15 Å². The third-order valence-electron chi connectivity index (χ3n) is 5.21. The van der Waals surface area contributed by atoms with E-state index in [4.69, 9.17) is 11.6 Å². The lowest BCUT2D eigenvalue weighted by atomic mass is 9.84. The SMILES string of the molecule is CC(C)CC(C)(Cc1ccccc1)NC(=O)c1cc2c(nc1Cl)CCCC2. The van der Waals surface area contributed by atoms with Crippen molar-refractivity contribution in [1.29, 1.82) is 0 Å². The van der Waals surface area contributed by atoms with Crippen molar-refractivity contribution in [1.82, 2.24) is 10.3 Å². The van der Waals surface area contributed by atoms with Crippen LogP contribution in [0.2, 0.25) is 5.15 Å². The Labute approximate surface area is 167 Å². The van der Waals surface area contributed by atoms with E-state index >= 15 is 0 Å². The number of hydrogen-bond donors (Lipinski definition) is 1. The van der Waals surface area contributed by atoms with Crippen molar-refractivity contribution in [3.8, 4) is 0 Å². The van der Waals surface area contributed by atoms with Crippen LogP contribution in [-0.4, -0.2) is 16.4 Å². The maximum absolute atomic E-state index is 13.1. The maximum atomic E-state index is 13.1. The summed E-state index contributed by atoms with van der Waals surface area (Å²) in [6, 6.07) is 12.3. The second-order valence-electron chi connectivity index (χ2n) is 8.41. The topological polar surface area (TPSA) is 42.0 Å². The summed E-state index contributed by atoms with van der Waals surface area (Å²) in [7, 11) is 0. The van der Waals surface area contributed by atoms with Crippen molar-refractivity contribution in [3.05, 3.63) is 63.9 Å². The zero-order valence-electron chi connectivity index (χ0n) is 16.5. The van der Waals surface area contributed by atoms with Gasteiger partial charge >= 0.3 is 0 Å². The van der Waals surface area contributed by atoms with Crippen LogP contribution in [0.15, 0.2) is 36.4 Å². The number of amides is 1. The first-order valence-electron chi connectivity index (χ1n) is 9.91. The Kier molecular flexibility index (Phi) is 6.21. The van der Waals surface area contributed by atoms with E-state index in [9.17, 15) is 4.79 Å². The molecule has 1 N–H and O–H groups in total. The molecular weight excluding hydrogens is 356 g/mol. The molecule has 0 saturated carbocycles. The van der Waals surface area contributed by atoms with Crippen molar-refractivity contribution >= 4 is 17.5 Å². The summed E-state index contributed by atoms with van der Waals surface area (Å²) in [6.07, 6.45) is 5.91. The molecule has 1 unspecified atom stereocenters. The van der Waals surface area contributed by atoms with Gasteiger partial charge in [0.2, 0.25) is 0 Å². The predicted molar refractivity (Wildman–Crippen MR) is 111 cm³/mol. The summed E-state index contributed by atoms with van der Waals surface area (Å²) in [5.74, 6) is 0.344. The summed E-state index contributed by atoms with van der Waals surface area (Å²) < 4.78 is 0. The molecule has 0 saturated heterocycles. The molecule has 0 aliphatic heterocycles. The highest BCUT2D eigenvalue weighted by Gasteiger charge is 2.29. The number of aryl methyl sites for hydroxylation is 2. The molecule has 0 radical (unpaired) electrons. The molecule has 0 fully saturated rings. The summed E-state index contributed by atoms with van der Waals surface area (Å²) >= 11 is 6.38. The molecule has 3 nitrogen and oxygen atoms in total.